The third kappa shape index (κ3) is 2.97. The Kier molecular flexibility index (Phi) is 4.36. The second-order valence-electron chi connectivity index (χ2n) is 4.27. The van der Waals surface area contributed by atoms with Gasteiger partial charge in [-0.05, 0) is 25.1 Å². The topological polar surface area (TPSA) is 69.2 Å². The minimum atomic E-state index is -0.485. The molecule has 2 aromatic carbocycles. The highest BCUT2D eigenvalue weighted by Crippen LogP contribution is 2.38. The van der Waals surface area contributed by atoms with Crippen molar-refractivity contribution in [1.82, 2.24) is 0 Å². The summed E-state index contributed by atoms with van der Waals surface area (Å²) in [6, 6.07) is 10.5. The number of hydrogen-bond acceptors (Lipinski definition) is 4. The van der Waals surface area contributed by atoms with Crippen LogP contribution in [0.5, 0.6) is 0 Å². The first-order valence-electron chi connectivity index (χ1n) is 5.96. The Morgan fingerprint density at radius 3 is 2.50 bits per heavy atom. The van der Waals surface area contributed by atoms with Crippen LogP contribution in [0.3, 0.4) is 0 Å². The van der Waals surface area contributed by atoms with Crippen LogP contribution in [0.2, 0.25) is 0 Å². The molecule has 0 bridgehead atoms. The summed E-state index contributed by atoms with van der Waals surface area (Å²) in [5.74, 6) is -0.399. The lowest BCUT2D eigenvalue weighted by Gasteiger charge is -2.13. The zero-order valence-electron chi connectivity index (χ0n) is 10.7. The third-order valence-electron chi connectivity index (χ3n) is 2.75. The number of para-hydroxylation sites is 1. The lowest BCUT2D eigenvalue weighted by molar-refractivity contribution is -0.387. The Hall–Kier alpha value is -1.92. The molecule has 6 heteroatoms. The van der Waals surface area contributed by atoms with Gasteiger partial charge in [0.15, 0.2) is 0 Å². The lowest BCUT2D eigenvalue weighted by Crippen LogP contribution is -2.09. The molecule has 2 N–H and O–H groups in total. The quantitative estimate of drug-likeness (QED) is 0.685. The zero-order chi connectivity index (χ0) is 14.7. The molecular weight excluding hydrogens is 279 g/mol. The first-order valence-corrected chi connectivity index (χ1v) is 6.77. The smallest absolute Gasteiger partial charge is 0.283 e. The van der Waals surface area contributed by atoms with Crippen LogP contribution in [0.25, 0.3) is 0 Å². The van der Waals surface area contributed by atoms with E-state index in [9.17, 15) is 14.5 Å². The molecule has 104 valence electrons. The molecular formula is C14H13FN2O2S. The monoisotopic (exact) mass is 292 g/mol. The predicted molar refractivity (Wildman–Crippen MR) is 76.2 cm³/mol. The van der Waals surface area contributed by atoms with Crippen molar-refractivity contribution in [3.05, 3.63) is 64.0 Å². The van der Waals surface area contributed by atoms with Gasteiger partial charge < -0.3 is 5.73 Å². The molecule has 0 saturated carbocycles. The third-order valence-corrected chi connectivity index (χ3v) is 3.89. The normalized spacial score (nSPS) is 12.2. The summed E-state index contributed by atoms with van der Waals surface area (Å²) in [4.78, 5) is 11.6. The van der Waals surface area contributed by atoms with Gasteiger partial charge in [-0.15, -0.1) is 0 Å². The SMILES string of the molecule is C[C@H](N)c1c(F)cccc1Sc1ccccc1[N+](=O)[O-]. The van der Waals surface area contributed by atoms with Crippen LogP contribution < -0.4 is 5.73 Å². The average Bonchev–Trinajstić information content (AvgIpc) is 2.38. The number of nitrogens with zero attached hydrogens (tertiary/aromatic N) is 1. The first kappa shape index (κ1) is 14.5. The van der Waals surface area contributed by atoms with Crippen LogP contribution in [-0.2, 0) is 0 Å². The minimum absolute atomic E-state index is 0.00242. The summed E-state index contributed by atoms with van der Waals surface area (Å²) >= 11 is 1.15. The fourth-order valence-electron chi connectivity index (χ4n) is 1.86. The molecule has 0 fully saturated rings. The van der Waals surface area contributed by atoms with Crippen molar-refractivity contribution in [3.8, 4) is 0 Å². The molecule has 4 nitrogen and oxygen atoms in total. The highest BCUT2D eigenvalue weighted by atomic mass is 32.2. The minimum Gasteiger partial charge on any atom is -0.324 e. The molecule has 0 radical (unpaired) electrons. The summed E-state index contributed by atoms with van der Waals surface area (Å²) in [6.07, 6.45) is 0. The Bertz CT molecular complexity index is 647. The van der Waals surface area contributed by atoms with E-state index in [1.54, 1.807) is 37.3 Å². The largest absolute Gasteiger partial charge is 0.324 e. The van der Waals surface area contributed by atoms with Gasteiger partial charge in [-0.1, -0.05) is 30.0 Å². The van der Waals surface area contributed by atoms with Crippen molar-refractivity contribution in [2.45, 2.75) is 22.8 Å². The first-order chi connectivity index (χ1) is 9.50. The van der Waals surface area contributed by atoms with Gasteiger partial charge in [-0.25, -0.2) is 4.39 Å². The van der Waals surface area contributed by atoms with Crippen molar-refractivity contribution >= 4 is 17.4 Å². The average molecular weight is 292 g/mol. The highest BCUT2D eigenvalue weighted by Gasteiger charge is 2.18. The molecule has 1 atom stereocenters. The summed E-state index contributed by atoms with van der Waals surface area (Å²) < 4.78 is 13.8. The Labute approximate surface area is 119 Å². The molecule has 0 aromatic heterocycles. The zero-order valence-corrected chi connectivity index (χ0v) is 11.6. The van der Waals surface area contributed by atoms with Crippen molar-refractivity contribution in [2.75, 3.05) is 0 Å². The maximum atomic E-state index is 13.8. The summed E-state index contributed by atoms with van der Waals surface area (Å²) in [5.41, 5.74) is 6.15. The number of halogens is 1. The van der Waals surface area contributed by atoms with Gasteiger partial charge in [0.1, 0.15) is 5.82 Å². The van der Waals surface area contributed by atoms with E-state index in [-0.39, 0.29) is 5.69 Å². The Balaban J connectivity index is 2.46. The van der Waals surface area contributed by atoms with Gasteiger partial charge >= 0.3 is 0 Å². The van der Waals surface area contributed by atoms with E-state index in [0.29, 0.717) is 15.4 Å². The van der Waals surface area contributed by atoms with Crippen LogP contribution >= 0.6 is 11.8 Å². The van der Waals surface area contributed by atoms with E-state index in [1.165, 1.54) is 12.1 Å². The number of rotatable bonds is 4. The van der Waals surface area contributed by atoms with Gasteiger partial charge in [0.2, 0.25) is 0 Å². The molecule has 20 heavy (non-hydrogen) atoms. The lowest BCUT2D eigenvalue weighted by atomic mass is 10.1. The van der Waals surface area contributed by atoms with Gasteiger partial charge in [0.05, 0.1) is 9.82 Å². The predicted octanol–water partition coefficient (Wildman–Crippen LogP) is 3.90. The molecule has 0 spiro atoms. The van der Waals surface area contributed by atoms with Gasteiger partial charge in [0, 0.05) is 22.6 Å². The van der Waals surface area contributed by atoms with Crippen molar-refractivity contribution < 1.29 is 9.31 Å². The fourth-order valence-corrected chi connectivity index (χ4v) is 3.03. The van der Waals surface area contributed by atoms with Gasteiger partial charge in [-0.3, -0.25) is 10.1 Å². The van der Waals surface area contributed by atoms with E-state index in [0.717, 1.165) is 11.8 Å². The van der Waals surface area contributed by atoms with Crippen LogP contribution in [0.4, 0.5) is 10.1 Å². The van der Waals surface area contributed by atoms with Gasteiger partial charge in [0.25, 0.3) is 5.69 Å². The van der Waals surface area contributed by atoms with E-state index >= 15 is 0 Å². The highest BCUT2D eigenvalue weighted by molar-refractivity contribution is 7.99. The number of nitro groups is 1. The summed E-state index contributed by atoms with van der Waals surface area (Å²) in [7, 11) is 0. The Morgan fingerprint density at radius 1 is 1.20 bits per heavy atom. The second kappa shape index (κ2) is 6.02. The molecule has 0 aliphatic carbocycles. The van der Waals surface area contributed by atoms with Crippen LogP contribution in [0.15, 0.2) is 52.3 Å². The maximum absolute atomic E-state index is 13.8. The number of nitrogens with two attached hydrogens (primary N) is 1. The van der Waals surface area contributed by atoms with Crippen molar-refractivity contribution in [1.29, 1.82) is 0 Å². The van der Waals surface area contributed by atoms with Gasteiger partial charge in [-0.2, -0.15) is 0 Å². The molecule has 2 rings (SSSR count). The standard InChI is InChI=1S/C14H13FN2O2S/c1-9(16)14-10(15)5-4-8-13(14)20-12-7-3-2-6-11(12)17(18)19/h2-9H,16H2,1H3/t9-/m0/s1. The van der Waals surface area contributed by atoms with E-state index in [2.05, 4.69) is 0 Å². The molecule has 0 amide bonds. The fraction of sp³-hybridized carbons (Fsp3) is 0.143. The van der Waals surface area contributed by atoms with Crippen LogP contribution in [0, 0.1) is 15.9 Å². The van der Waals surface area contributed by atoms with E-state index < -0.39 is 16.8 Å². The van der Waals surface area contributed by atoms with Crippen molar-refractivity contribution in [3.63, 3.8) is 0 Å². The molecule has 0 unspecified atom stereocenters. The molecule has 0 heterocycles. The van der Waals surface area contributed by atoms with Crippen molar-refractivity contribution in [2.24, 2.45) is 5.73 Å². The molecule has 0 aliphatic heterocycles. The molecule has 0 aliphatic rings. The molecule has 2 aromatic rings. The van der Waals surface area contributed by atoms with E-state index in [1.807, 2.05) is 0 Å². The number of benzene rings is 2. The second-order valence-corrected chi connectivity index (χ2v) is 5.35. The number of hydrogen-bond donors (Lipinski definition) is 1. The van der Waals surface area contributed by atoms with Crippen LogP contribution in [-0.4, -0.2) is 4.92 Å². The Morgan fingerprint density at radius 2 is 1.85 bits per heavy atom. The molecule has 0 saturated heterocycles. The summed E-state index contributed by atoms with van der Waals surface area (Å²) in [6.45, 7) is 1.68. The maximum Gasteiger partial charge on any atom is 0.283 e. The van der Waals surface area contributed by atoms with Crippen LogP contribution in [0.1, 0.15) is 18.5 Å². The number of nitro benzene ring substituents is 1. The summed E-state index contributed by atoms with van der Waals surface area (Å²) in [5, 5.41) is 11.0. The van der Waals surface area contributed by atoms with E-state index in [4.69, 9.17) is 5.73 Å².